The second-order valence-corrected chi connectivity index (χ2v) is 4.90. The molecule has 0 aliphatic carbocycles. The fourth-order valence-corrected chi connectivity index (χ4v) is 2.65. The normalized spacial score (nSPS) is 29.0. The highest BCUT2D eigenvalue weighted by atomic mass is 16.5. The smallest absolute Gasteiger partial charge is 0.127 e. The predicted molar refractivity (Wildman–Crippen MR) is 67.4 cm³/mol. The highest BCUT2D eigenvalue weighted by Gasteiger charge is 2.26. The predicted octanol–water partition coefficient (Wildman–Crippen LogP) is 0.887. The van der Waals surface area contributed by atoms with E-state index >= 15 is 0 Å². The molecule has 0 bridgehead atoms. The molecule has 1 aliphatic rings. The summed E-state index contributed by atoms with van der Waals surface area (Å²) in [7, 11) is 1.73. The van der Waals surface area contributed by atoms with E-state index in [1.165, 1.54) is 5.56 Å². The van der Waals surface area contributed by atoms with Crippen molar-refractivity contribution in [3.63, 3.8) is 0 Å². The quantitative estimate of drug-likeness (QED) is 0.842. The van der Waals surface area contributed by atoms with E-state index in [2.05, 4.69) is 26.0 Å². The first kappa shape index (κ1) is 12.4. The molecule has 17 heavy (non-hydrogen) atoms. The van der Waals surface area contributed by atoms with Crippen LogP contribution in [0.3, 0.4) is 0 Å². The minimum absolute atomic E-state index is 0.350. The van der Waals surface area contributed by atoms with Crippen molar-refractivity contribution in [2.24, 2.45) is 0 Å². The lowest BCUT2D eigenvalue weighted by Gasteiger charge is -2.32. The highest BCUT2D eigenvalue weighted by Crippen LogP contribution is 2.16. The Kier molecular flexibility index (Phi) is 4.02. The number of methoxy groups -OCH3 is 1. The SMILES string of the molecule is COc1ccccc1C[NH+]1C[C@H](C)O[C@@H](C)C1. The lowest BCUT2D eigenvalue weighted by molar-refractivity contribution is -0.928. The van der Waals surface area contributed by atoms with Crippen LogP contribution in [0, 0.1) is 0 Å². The number of rotatable bonds is 3. The fourth-order valence-electron chi connectivity index (χ4n) is 2.65. The molecule has 2 rings (SSSR count). The van der Waals surface area contributed by atoms with Crippen LogP contribution in [0.5, 0.6) is 5.75 Å². The van der Waals surface area contributed by atoms with E-state index in [-0.39, 0.29) is 0 Å². The third-order valence-electron chi connectivity index (χ3n) is 3.25. The molecule has 0 saturated carbocycles. The number of morpholine rings is 1. The van der Waals surface area contributed by atoms with Gasteiger partial charge in [-0.05, 0) is 26.0 Å². The van der Waals surface area contributed by atoms with Crippen molar-refractivity contribution >= 4 is 0 Å². The van der Waals surface area contributed by atoms with Gasteiger partial charge >= 0.3 is 0 Å². The first-order valence-corrected chi connectivity index (χ1v) is 6.30. The van der Waals surface area contributed by atoms with Gasteiger partial charge in [-0.2, -0.15) is 0 Å². The summed E-state index contributed by atoms with van der Waals surface area (Å²) >= 11 is 0. The van der Waals surface area contributed by atoms with Crippen molar-refractivity contribution in [3.05, 3.63) is 29.8 Å². The minimum Gasteiger partial charge on any atom is -0.496 e. The van der Waals surface area contributed by atoms with Gasteiger partial charge < -0.3 is 14.4 Å². The number of quaternary nitrogens is 1. The van der Waals surface area contributed by atoms with E-state index in [0.717, 1.165) is 25.4 Å². The summed E-state index contributed by atoms with van der Waals surface area (Å²) < 4.78 is 11.2. The molecular formula is C14H22NO2+. The third kappa shape index (κ3) is 3.20. The summed E-state index contributed by atoms with van der Waals surface area (Å²) in [6.45, 7) is 7.46. The molecule has 1 fully saturated rings. The summed E-state index contributed by atoms with van der Waals surface area (Å²) in [6.07, 6.45) is 0.701. The van der Waals surface area contributed by atoms with Gasteiger partial charge in [-0.3, -0.25) is 0 Å². The Labute approximate surface area is 103 Å². The molecule has 1 N–H and O–H groups in total. The maximum Gasteiger partial charge on any atom is 0.127 e. The van der Waals surface area contributed by atoms with Crippen LogP contribution in [0.4, 0.5) is 0 Å². The second kappa shape index (κ2) is 5.52. The lowest BCUT2D eigenvalue weighted by Crippen LogP contribution is -3.14. The van der Waals surface area contributed by atoms with Gasteiger partial charge in [-0.1, -0.05) is 12.1 Å². The van der Waals surface area contributed by atoms with Crippen LogP contribution in [-0.4, -0.2) is 32.4 Å². The number of ether oxygens (including phenoxy) is 2. The molecule has 0 spiro atoms. The zero-order chi connectivity index (χ0) is 12.3. The number of hydrogen-bond donors (Lipinski definition) is 1. The van der Waals surface area contributed by atoms with E-state index in [1.807, 2.05) is 12.1 Å². The zero-order valence-corrected chi connectivity index (χ0v) is 10.9. The van der Waals surface area contributed by atoms with Gasteiger partial charge in [0.2, 0.25) is 0 Å². The molecular weight excluding hydrogens is 214 g/mol. The van der Waals surface area contributed by atoms with Gasteiger partial charge in [0.1, 0.15) is 37.6 Å². The topological polar surface area (TPSA) is 22.9 Å². The largest absolute Gasteiger partial charge is 0.496 e. The van der Waals surface area contributed by atoms with E-state index in [4.69, 9.17) is 9.47 Å². The van der Waals surface area contributed by atoms with Gasteiger partial charge in [0.25, 0.3) is 0 Å². The van der Waals surface area contributed by atoms with Crippen LogP contribution in [0.15, 0.2) is 24.3 Å². The molecule has 2 atom stereocenters. The maximum absolute atomic E-state index is 5.76. The molecule has 3 heteroatoms. The number of nitrogens with one attached hydrogen (secondary N) is 1. The van der Waals surface area contributed by atoms with Crippen molar-refractivity contribution in [1.29, 1.82) is 0 Å². The molecule has 1 aromatic rings. The lowest BCUT2D eigenvalue weighted by atomic mass is 10.1. The van der Waals surface area contributed by atoms with Crippen molar-refractivity contribution in [3.8, 4) is 5.75 Å². The summed E-state index contributed by atoms with van der Waals surface area (Å²) in [4.78, 5) is 1.57. The average Bonchev–Trinajstić information content (AvgIpc) is 2.28. The summed E-state index contributed by atoms with van der Waals surface area (Å²) in [5, 5.41) is 0. The Hall–Kier alpha value is -1.06. The molecule has 1 aromatic carbocycles. The molecule has 3 nitrogen and oxygen atoms in total. The molecule has 1 aliphatic heterocycles. The Bertz CT molecular complexity index is 357. The maximum atomic E-state index is 5.76. The zero-order valence-electron chi connectivity index (χ0n) is 10.9. The van der Waals surface area contributed by atoms with E-state index in [1.54, 1.807) is 12.0 Å². The summed E-state index contributed by atoms with van der Waals surface area (Å²) in [5.74, 6) is 0.992. The Morgan fingerprint density at radius 3 is 2.53 bits per heavy atom. The Balaban J connectivity index is 2.04. The van der Waals surface area contributed by atoms with Gasteiger partial charge in [-0.15, -0.1) is 0 Å². The van der Waals surface area contributed by atoms with Crippen LogP contribution < -0.4 is 9.64 Å². The molecule has 1 saturated heterocycles. The van der Waals surface area contributed by atoms with E-state index in [0.29, 0.717) is 12.2 Å². The van der Waals surface area contributed by atoms with Crippen LogP contribution in [-0.2, 0) is 11.3 Å². The van der Waals surface area contributed by atoms with E-state index < -0.39 is 0 Å². The molecule has 1 heterocycles. The monoisotopic (exact) mass is 236 g/mol. The first-order valence-electron chi connectivity index (χ1n) is 6.30. The highest BCUT2D eigenvalue weighted by molar-refractivity contribution is 5.32. The molecule has 0 radical (unpaired) electrons. The van der Waals surface area contributed by atoms with Gasteiger partial charge in [0.05, 0.1) is 7.11 Å². The number of para-hydroxylation sites is 1. The molecule has 0 unspecified atom stereocenters. The Morgan fingerprint density at radius 2 is 1.88 bits per heavy atom. The van der Waals surface area contributed by atoms with Crippen molar-refractivity contribution in [1.82, 2.24) is 0 Å². The number of benzene rings is 1. The molecule has 0 aromatic heterocycles. The first-order chi connectivity index (χ1) is 8.19. The summed E-state index contributed by atoms with van der Waals surface area (Å²) in [6, 6.07) is 8.27. The van der Waals surface area contributed by atoms with Crippen LogP contribution in [0.25, 0.3) is 0 Å². The Morgan fingerprint density at radius 1 is 1.24 bits per heavy atom. The van der Waals surface area contributed by atoms with Crippen molar-refractivity contribution < 1.29 is 14.4 Å². The van der Waals surface area contributed by atoms with Crippen LogP contribution in [0.1, 0.15) is 19.4 Å². The standard InChI is InChI=1S/C14H21NO2/c1-11-8-15(9-12(2)17-11)10-13-6-4-5-7-14(13)16-3/h4-7,11-12H,8-10H2,1-3H3/p+1/t11-,12-/m0/s1. The molecule has 0 amide bonds. The van der Waals surface area contributed by atoms with Crippen LogP contribution in [0.2, 0.25) is 0 Å². The fraction of sp³-hybridized carbons (Fsp3) is 0.571. The third-order valence-corrected chi connectivity index (χ3v) is 3.25. The number of hydrogen-bond acceptors (Lipinski definition) is 2. The van der Waals surface area contributed by atoms with Crippen molar-refractivity contribution in [2.45, 2.75) is 32.6 Å². The van der Waals surface area contributed by atoms with E-state index in [9.17, 15) is 0 Å². The average molecular weight is 236 g/mol. The molecule has 94 valence electrons. The van der Waals surface area contributed by atoms with Gasteiger partial charge in [0, 0.05) is 5.56 Å². The van der Waals surface area contributed by atoms with Crippen LogP contribution >= 0.6 is 0 Å². The second-order valence-electron chi connectivity index (χ2n) is 4.90. The van der Waals surface area contributed by atoms with Crippen molar-refractivity contribution in [2.75, 3.05) is 20.2 Å². The van der Waals surface area contributed by atoms with Gasteiger partial charge in [-0.25, -0.2) is 0 Å². The summed E-state index contributed by atoms with van der Waals surface area (Å²) in [5.41, 5.74) is 1.28. The minimum atomic E-state index is 0.350. The van der Waals surface area contributed by atoms with Gasteiger partial charge in [0.15, 0.2) is 0 Å².